The molecule has 0 aliphatic rings. The lowest BCUT2D eigenvalue weighted by Crippen LogP contribution is -2.07. The molecule has 0 fully saturated rings. The van der Waals surface area contributed by atoms with Crippen molar-refractivity contribution in [1.82, 2.24) is 0 Å². The molecule has 0 heterocycles. The number of hydrogen-bond acceptors (Lipinski definition) is 2. The van der Waals surface area contributed by atoms with Crippen LogP contribution >= 0.6 is 11.6 Å². The Morgan fingerprint density at radius 1 is 1.10 bits per heavy atom. The summed E-state index contributed by atoms with van der Waals surface area (Å²) in [6, 6.07) is 6.37. The molecule has 0 bridgehead atoms. The first-order chi connectivity index (χ1) is 9.75. The molecule has 2 rings (SSSR count). The smallest absolute Gasteiger partial charge is 0.416 e. The second-order valence-corrected chi connectivity index (χ2v) is 4.79. The monoisotopic (exact) mass is 319 g/mol. The molecule has 112 valence electrons. The molecule has 0 aromatic heterocycles. The van der Waals surface area contributed by atoms with Crippen molar-refractivity contribution in [2.75, 3.05) is 5.32 Å². The van der Waals surface area contributed by atoms with Gasteiger partial charge in [0.25, 0.3) is 0 Å². The number of nitrogens with one attached hydrogen (secondary N) is 1. The molecule has 2 aromatic carbocycles. The van der Waals surface area contributed by atoms with Crippen LogP contribution in [0.2, 0.25) is 5.02 Å². The molecule has 0 saturated carbocycles. The van der Waals surface area contributed by atoms with Crippen LogP contribution in [0.25, 0.3) is 0 Å². The number of benzene rings is 2. The van der Waals surface area contributed by atoms with Crippen LogP contribution in [0, 0.1) is 5.82 Å². The fraction of sp³-hybridized carbons (Fsp3) is 0.143. The quantitative estimate of drug-likeness (QED) is 0.795. The Balaban J connectivity index is 2.20. The summed E-state index contributed by atoms with van der Waals surface area (Å²) in [6.07, 6.45) is -4.51. The first-order valence-corrected chi connectivity index (χ1v) is 6.22. The molecule has 7 heteroatoms. The number of anilines is 1. The van der Waals surface area contributed by atoms with Gasteiger partial charge in [-0.25, -0.2) is 4.39 Å². The van der Waals surface area contributed by atoms with Crippen molar-refractivity contribution in [2.45, 2.75) is 12.7 Å². The van der Waals surface area contributed by atoms with E-state index < -0.39 is 17.6 Å². The number of aromatic hydroxyl groups is 1. The van der Waals surface area contributed by atoms with E-state index in [1.54, 1.807) is 0 Å². The van der Waals surface area contributed by atoms with Crippen molar-refractivity contribution in [3.63, 3.8) is 0 Å². The molecular weight excluding hydrogens is 310 g/mol. The normalized spacial score (nSPS) is 11.5. The van der Waals surface area contributed by atoms with Crippen LogP contribution in [0.15, 0.2) is 36.4 Å². The lowest BCUT2D eigenvalue weighted by molar-refractivity contribution is -0.137. The van der Waals surface area contributed by atoms with Gasteiger partial charge in [0.2, 0.25) is 0 Å². The Hall–Kier alpha value is -1.95. The number of phenols is 1. The summed E-state index contributed by atoms with van der Waals surface area (Å²) in [5.74, 6) is -0.700. The Morgan fingerprint density at radius 2 is 1.81 bits per heavy atom. The minimum Gasteiger partial charge on any atom is -0.508 e. The van der Waals surface area contributed by atoms with E-state index in [9.17, 15) is 22.7 Å². The minimum atomic E-state index is -4.51. The molecule has 2 aromatic rings. The summed E-state index contributed by atoms with van der Waals surface area (Å²) < 4.78 is 51.0. The van der Waals surface area contributed by atoms with Gasteiger partial charge in [0.05, 0.1) is 5.56 Å². The lowest BCUT2D eigenvalue weighted by atomic mass is 10.1. The molecular formula is C14H10ClF4NO. The third-order valence-electron chi connectivity index (χ3n) is 2.75. The van der Waals surface area contributed by atoms with Crippen LogP contribution in [-0.4, -0.2) is 5.11 Å². The Morgan fingerprint density at radius 3 is 2.48 bits per heavy atom. The van der Waals surface area contributed by atoms with Gasteiger partial charge in [0, 0.05) is 22.8 Å². The highest BCUT2D eigenvalue weighted by atomic mass is 35.5. The van der Waals surface area contributed by atoms with E-state index in [0.29, 0.717) is 0 Å². The first kappa shape index (κ1) is 15.4. The number of alkyl halides is 3. The van der Waals surface area contributed by atoms with E-state index in [2.05, 4.69) is 5.32 Å². The van der Waals surface area contributed by atoms with Crippen LogP contribution in [-0.2, 0) is 12.7 Å². The van der Waals surface area contributed by atoms with E-state index in [0.717, 1.165) is 24.3 Å². The van der Waals surface area contributed by atoms with Gasteiger partial charge in [-0.2, -0.15) is 13.2 Å². The van der Waals surface area contributed by atoms with Gasteiger partial charge in [-0.1, -0.05) is 11.6 Å². The highest BCUT2D eigenvalue weighted by Crippen LogP contribution is 2.33. The van der Waals surface area contributed by atoms with Crippen molar-refractivity contribution < 1.29 is 22.7 Å². The molecule has 2 N–H and O–H groups in total. The topological polar surface area (TPSA) is 32.3 Å². The van der Waals surface area contributed by atoms with Gasteiger partial charge in [-0.3, -0.25) is 0 Å². The maximum absolute atomic E-state index is 13.0. The molecule has 0 unspecified atom stereocenters. The Kier molecular flexibility index (Phi) is 4.27. The summed E-state index contributed by atoms with van der Waals surface area (Å²) in [7, 11) is 0. The van der Waals surface area contributed by atoms with Gasteiger partial charge >= 0.3 is 6.18 Å². The summed E-state index contributed by atoms with van der Waals surface area (Å²) in [4.78, 5) is 0. The van der Waals surface area contributed by atoms with Gasteiger partial charge in [-0.15, -0.1) is 0 Å². The second kappa shape index (κ2) is 5.81. The molecule has 0 aliphatic heterocycles. The van der Waals surface area contributed by atoms with Crippen LogP contribution in [0.3, 0.4) is 0 Å². The van der Waals surface area contributed by atoms with Gasteiger partial charge in [-0.05, 0) is 36.4 Å². The van der Waals surface area contributed by atoms with E-state index in [4.69, 9.17) is 11.6 Å². The van der Waals surface area contributed by atoms with E-state index in [1.165, 1.54) is 12.1 Å². The van der Waals surface area contributed by atoms with E-state index in [-0.39, 0.29) is 28.6 Å². The molecule has 0 saturated heterocycles. The summed E-state index contributed by atoms with van der Waals surface area (Å²) in [6.45, 7) is -0.0404. The molecule has 2 nitrogen and oxygen atoms in total. The highest BCUT2D eigenvalue weighted by molar-refractivity contribution is 6.30. The lowest BCUT2D eigenvalue weighted by Gasteiger charge is -2.12. The number of hydrogen-bond donors (Lipinski definition) is 2. The number of rotatable bonds is 3. The SMILES string of the molecule is Oc1ccc(F)cc1CNc1cc(Cl)cc(C(F)(F)F)c1. The average molecular weight is 320 g/mol. The molecule has 0 amide bonds. The molecule has 0 atom stereocenters. The molecule has 0 aliphatic carbocycles. The summed E-state index contributed by atoms with van der Waals surface area (Å²) in [5.41, 5.74) is -0.539. The third-order valence-corrected chi connectivity index (χ3v) is 2.97. The maximum Gasteiger partial charge on any atom is 0.416 e. The maximum atomic E-state index is 13.0. The second-order valence-electron chi connectivity index (χ2n) is 4.35. The van der Waals surface area contributed by atoms with Crippen LogP contribution in [0.4, 0.5) is 23.2 Å². The largest absolute Gasteiger partial charge is 0.508 e. The van der Waals surface area contributed by atoms with Crippen LogP contribution in [0.5, 0.6) is 5.75 Å². The highest BCUT2D eigenvalue weighted by Gasteiger charge is 2.31. The van der Waals surface area contributed by atoms with Crippen molar-refractivity contribution in [1.29, 1.82) is 0 Å². The number of phenolic OH excluding ortho intramolecular Hbond substituents is 1. The fourth-order valence-electron chi connectivity index (χ4n) is 1.75. The third kappa shape index (κ3) is 4.01. The Bertz CT molecular complexity index is 658. The van der Waals surface area contributed by atoms with E-state index >= 15 is 0 Å². The predicted octanol–water partition coefficient (Wildman–Crippen LogP) is 4.82. The van der Waals surface area contributed by atoms with Crippen LogP contribution < -0.4 is 5.32 Å². The van der Waals surface area contributed by atoms with Gasteiger partial charge < -0.3 is 10.4 Å². The van der Waals surface area contributed by atoms with Crippen molar-refractivity contribution in [2.24, 2.45) is 0 Å². The summed E-state index contributed by atoms with van der Waals surface area (Å²) in [5, 5.41) is 12.1. The predicted molar refractivity (Wildman–Crippen MR) is 71.8 cm³/mol. The summed E-state index contributed by atoms with van der Waals surface area (Å²) >= 11 is 5.64. The fourth-order valence-corrected chi connectivity index (χ4v) is 1.98. The van der Waals surface area contributed by atoms with Crippen molar-refractivity contribution in [3.05, 3.63) is 58.4 Å². The minimum absolute atomic E-state index is 0.0404. The van der Waals surface area contributed by atoms with Crippen molar-refractivity contribution in [3.8, 4) is 5.75 Å². The van der Waals surface area contributed by atoms with Gasteiger partial charge in [0.1, 0.15) is 11.6 Å². The molecule has 0 radical (unpaired) electrons. The van der Waals surface area contributed by atoms with Crippen LogP contribution in [0.1, 0.15) is 11.1 Å². The molecule has 21 heavy (non-hydrogen) atoms. The first-order valence-electron chi connectivity index (χ1n) is 5.85. The average Bonchev–Trinajstić information content (AvgIpc) is 2.38. The number of halogens is 5. The zero-order valence-electron chi connectivity index (χ0n) is 10.5. The zero-order chi connectivity index (χ0) is 15.6. The van der Waals surface area contributed by atoms with Crippen molar-refractivity contribution >= 4 is 17.3 Å². The Labute approximate surface area is 123 Å². The molecule has 0 spiro atoms. The standard InChI is InChI=1S/C14H10ClF4NO/c15-10-4-9(14(17,18)19)5-12(6-10)20-7-8-3-11(16)1-2-13(8)21/h1-6,20-21H,7H2. The van der Waals surface area contributed by atoms with E-state index in [1.807, 2.05) is 0 Å². The van der Waals surface area contributed by atoms with Gasteiger partial charge in [0.15, 0.2) is 0 Å². The zero-order valence-corrected chi connectivity index (χ0v) is 11.3.